The average Bonchev–Trinajstić information content (AvgIpc) is 2.77. The molecule has 0 aromatic heterocycles. The van der Waals surface area contributed by atoms with E-state index < -0.39 is 28.4 Å². The first-order valence-electron chi connectivity index (χ1n) is 9.36. The number of nitrogens with zero attached hydrogens (tertiary/aromatic N) is 1. The predicted molar refractivity (Wildman–Crippen MR) is 108 cm³/mol. The summed E-state index contributed by atoms with van der Waals surface area (Å²) in [4.78, 5) is 25.0. The molecule has 0 unspecified atom stereocenters. The van der Waals surface area contributed by atoms with Crippen LogP contribution in [0.3, 0.4) is 0 Å². The highest BCUT2D eigenvalue weighted by Gasteiger charge is 2.27. The zero-order valence-electron chi connectivity index (χ0n) is 16.8. The third kappa shape index (κ3) is 4.69. The molecule has 1 saturated heterocycles. The minimum Gasteiger partial charge on any atom is -0.496 e. The Morgan fingerprint density at radius 2 is 1.77 bits per heavy atom. The molecule has 2 aromatic rings. The SMILES string of the molecule is COc1ccccc1C(=O)COC(=O)c1cc(S(=O)(=O)N2CCOCC2)ccc1C. The van der Waals surface area contributed by atoms with Crippen LogP contribution in [0.2, 0.25) is 0 Å². The fourth-order valence-electron chi connectivity index (χ4n) is 3.08. The smallest absolute Gasteiger partial charge is 0.338 e. The van der Waals surface area contributed by atoms with Gasteiger partial charge in [0, 0.05) is 13.1 Å². The topological polar surface area (TPSA) is 99.2 Å². The van der Waals surface area contributed by atoms with Crippen LogP contribution < -0.4 is 4.74 Å². The molecule has 1 heterocycles. The summed E-state index contributed by atoms with van der Waals surface area (Å²) in [6.45, 7) is 2.34. The van der Waals surface area contributed by atoms with Crippen molar-refractivity contribution in [3.63, 3.8) is 0 Å². The molecule has 0 aliphatic carbocycles. The normalized spacial score (nSPS) is 14.9. The molecule has 30 heavy (non-hydrogen) atoms. The second-order valence-electron chi connectivity index (χ2n) is 6.69. The lowest BCUT2D eigenvalue weighted by Crippen LogP contribution is -2.40. The number of carbonyl (C=O) groups excluding carboxylic acids is 2. The number of carbonyl (C=O) groups is 2. The number of aryl methyl sites for hydroxylation is 1. The number of morpholine rings is 1. The molecule has 8 nitrogen and oxygen atoms in total. The molecule has 1 aliphatic rings. The lowest BCUT2D eigenvalue weighted by atomic mass is 10.1. The third-order valence-electron chi connectivity index (χ3n) is 4.78. The number of hydrogen-bond acceptors (Lipinski definition) is 7. The first-order chi connectivity index (χ1) is 14.3. The number of rotatable bonds is 7. The average molecular weight is 433 g/mol. The Balaban J connectivity index is 1.76. The Labute approximate surface area is 175 Å². The van der Waals surface area contributed by atoms with E-state index in [1.165, 1.54) is 23.5 Å². The quantitative estimate of drug-likeness (QED) is 0.487. The molecule has 2 aromatic carbocycles. The molecule has 0 spiro atoms. The predicted octanol–water partition coefficient (Wildman–Crippen LogP) is 2.06. The Kier molecular flexibility index (Phi) is 6.86. The van der Waals surface area contributed by atoms with Gasteiger partial charge in [0.1, 0.15) is 5.75 Å². The minimum absolute atomic E-state index is 0.00185. The maximum Gasteiger partial charge on any atom is 0.338 e. The second kappa shape index (κ2) is 9.38. The van der Waals surface area contributed by atoms with Gasteiger partial charge in [-0.25, -0.2) is 13.2 Å². The molecule has 0 amide bonds. The van der Waals surface area contributed by atoms with Crippen LogP contribution in [0.4, 0.5) is 0 Å². The van der Waals surface area contributed by atoms with E-state index in [-0.39, 0.29) is 23.5 Å². The first kappa shape index (κ1) is 21.9. The fourth-order valence-corrected chi connectivity index (χ4v) is 4.51. The van der Waals surface area contributed by atoms with E-state index in [4.69, 9.17) is 14.2 Å². The van der Waals surface area contributed by atoms with E-state index in [1.807, 2.05) is 0 Å². The maximum atomic E-state index is 12.8. The number of sulfonamides is 1. The van der Waals surface area contributed by atoms with Gasteiger partial charge in [-0.05, 0) is 36.8 Å². The van der Waals surface area contributed by atoms with Gasteiger partial charge in [-0.3, -0.25) is 4.79 Å². The van der Waals surface area contributed by atoms with Crippen molar-refractivity contribution in [1.29, 1.82) is 0 Å². The van der Waals surface area contributed by atoms with Crippen LogP contribution in [0.1, 0.15) is 26.3 Å². The van der Waals surface area contributed by atoms with Crippen molar-refractivity contribution in [3.8, 4) is 5.75 Å². The van der Waals surface area contributed by atoms with Gasteiger partial charge in [-0.2, -0.15) is 4.31 Å². The molecule has 3 rings (SSSR count). The van der Waals surface area contributed by atoms with Gasteiger partial charge in [0.05, 0.1) is 36.3 Å². The van der Waals surface area contributed by atoms with Gasteiger partial charge in [-0.1, -0.05) is 18.2 Å². The first-order valence-corrected chi connectivity index (χ1v) is 10.8. The van der Waals surface area contributed by atoms with Crippen LogP contribution in [-0.4, -0.2) is 64.5 Å². The van der Waals surface area contributed by atoms with E-state index >= 15 is 0 Å². The zero-order chi connectivity index (χ0) is 21.7. The van der Waals surface area contributed by atoms with Crippen LogP contribution in [-0.2, 0) is 19.5 Å². The Morgan fingerprint density at radius 3 is 2.47 bits per heavy atom. The van der Waals surface area contributed by atoms with Crippen molar-refractivity contribution in [2.45, 2.75) is 11.8 Å². The van der Waals surface area contributed by atoms with Crippen LogP contribution in [0.5, 0.6) is 5.75 Å². The molecular weight excluding hydrogens is 410 g/mol. The number of hydrogen-bond donors (Lipinski definition) is 0. The van der Waals surface area contributed by atoms with Crippen molar-refractivity contribution in [3.05, 3.63) is 59.2 Å². The summed E-state index contributed by atoms with van der Waals surface area (Å²) in [5.41, 5.74) is 0.941. The van der Waals surface area contributed by atoms with Crippen LogP contribution >= 0.6 is 0 Å². The fraction of sp³-hybridized carbons (Fsp3) is 0.333. The summed E-state index contributed by atoms with van der Waals surface area (Å²) in [6.07, 6.45) is 0. The van der Waals surface area contributed by atoms with Gasteiger partial charge in [0.25, 0.3) is 0 Å². The molecule has 0 atom stereocenters. The van der Waals surface area contributed by atoms with Crippen LogP contribution in [0, 0.1) is 6.92 Å². The van der Waals surface area contributed by atoms with Gasteiger partial charge >= 0.3 is 5.97 Å². The number of Topliss-reactive ketones (excluding diaryl/α,β-unsaturated/α-hetero) is 1. The summed E-state index contributed by atoms with van der Waals surface area (Å²) >= 11 is 0. The standard InChI is InChI=1S/C21H23NO7S/c1-15-7-8-16(30(25,26)22-9-11-28-12-10-22)13-18(15)21(24)29-14-19(23)17-5-3-4-6-20(17)27-2/h3-8,13H,9-12,14H2,1-2H3. The zero-order valence-corrected chi connectivity index (χ0v) is 17.6. The summed E-state index contributed by atoms with van der Waals surface area (Å²) in [5.74, 6) is -0.807. The largest absolute Gasteiger partial charge is 0.496 e. The molecule has 0 N–H and O–H groups in total. The third-order valence-corrected chi connectivity index (χ3v) is 6.67. The number of ether oxygens (including phenoxy) is 3. The lowest BCUT2D eigenvalue weighted by molar-refractivity contribution is 0.0473. The van der Waals surface area contributed by atoms with Crippen molar-refractivity contribution < 1.29 is 32.2 Å². The number of esters is 1. The maximum absolute atomic E-state index is 12.8. The summed E-state index contributed by atoms with van der Waals surface area (Å²) in [5, 5.41) is 0. The number of ketones is 1. The molecule has 0 saturated carbocycles. The van der Waals surface area contributed by atoms with Crippen molar-refractivity contribution in [2.75, 3.05) is 40.0 Å². The highest BCUT2D eigenvalue weighted by atomic mass is 32.2. The van der Waals surface area contributed by atoms with E-state index in [0.717, 1.165) is 0 Å². The summed E-state index contributed by atoms with van der Waals surface area (Å²) in [6, 6.07) is 10.9. The summed E-state index contributed by atoms with van der Waals surface area (Å²) in [7, 11) is -2.31. The minimum atomic E-state index is -3.76. The second-order valence-corrected chi connectivity index (χ2v) is 8.63. The van der Waals surface area contributed by atoms with Crippen LogP contribution in [0.15, 0.2) is 47.4 Å². The Hall–Kier alpha value is -2.75. The summed E-state index contributed by atoms with van der Waals surface area (Å²) < 4.78 is 42.5. The Bertz CT molecular complexity index is 1040. The molecule has 0 radical (unpaired) electrons. The van der Waals surface area contributed by atoms with Gasteiger partial charge in [0.2, 0.25) is 15.8 Å². The molecule has 160 valence electrons. The molecule has 0 bridgehead atoms. The van der Waals surface area contributed by atoms with E-state index in [1.54, 1.807) is 37.3 Å². The van der Waals surface area contributed by atoms with Crippen molar-refractivity contribution in [2.24, 2.45) is 0 Å². The Morgan fingerprint density at radius 1 is 1.07 bits per heavy atom. The van der Waals surface area contributed by atoms with Gasteiger partial charge in [-0.15, -0.1) is 0 Å². The van der Waals surface area contributed by atoms with E-state index in [9.17, 15) is 18.0 Å². The number of methoxy groups -OCH3 is 1. The molecular formula is C21H23NO7S. The highest BCUT2D eigenvalue weighted by Crippen LogP contribution is 2.22. The molecule has 1 aliphatic heterocycles. The highest BCUT2D eigenvalue weighted by molar-refractivity contribution is 7.89. The molecule has 1 fully saturated rings. The van der Waals surface area contributed by atoms with Gasteiger partial charge < -0.3 is 14.2 Å². The number of benzene rings is 2. The molecule has 9 heteroatoms. The monoisotopic (exact) mass is 433 g/mol. The van der Waals surface area contributed by atoms with Gasteiger partial charge in [0.15, 0.2) is 6.61 Å². The lowest BCUT2D eigenvalue weighted by Gasteiger charge is -2.26. The van der Waals surface area contributed by atoms with Crippen LogP contribution in [0.25, 0.3) is 0 Å². The van der Waals surface area contributed by atoms with Crippen molar-refractivity contribution >= 4 is 21.8 Å². The number of para-hydroxylation sites is 1. The van der Waals surface area contributed by atoms with E-state index in [0.29, 0.717) is 30.1 Å². The van der Waals surface area contributed by atoms with Crippen molar-refractivity contribution in [1.82, 2.24) is 4.31 Å². The van der Waals surface area contributed by atoms with E-state index in [2.05, 4.69) is 0 Å².